The standard InChI is InChI=1S/C15H24N2O/c1-18-15-4-2-3-13(11-15)5-10-17-12-14-6-8-16-9-7-14/h2-4,11,14,16-17H,5-10,12H2,1H3. The van der Waals surface area contributed by atoms with Crippen LogP contribution in [0.3, 0.4) is 0 Å². The van der Waals surface area contributed by atoms with Gasteiger partial charge < -0.3 is 15.4 Å². The first-order valence-electron chi connectivity index (χ1n) is 6.93. The summed E-state index contributed by atoms with van der Waals surface area (Å²) in [5.74, 6) is 1.81. The summed E-state index contributed by atoms with van der Waals surface area (Å²) in [6.45, 7) is 4.58. The fourth-order valence-corrected chi connectivity index (χ4v) is 2.45. The molecule has 0 aromatic heterocycles. The molecule has 0 bridgehead atoms. The van der Waals surface area contributed by atoms with E-state index in [1.807, 2.05) is 6.07 Å². The first-order chi connectivity index (χ1) is 8.88. The zero-order chi connectivity index (χ0) is 12.6. The summed E-state index contributed by atoms with van der Waals surface area (Å²) in [4.78, 5) is 0. The summed E-state index contributed by atoms with van der Waals surface area (Å²) in [6, 6.07) is 8.33. The van der Waals surface area contributed by atoms with Crippen molar-refractivity contribution in [2.45, 2.75) is 19.3 Å². The first-order valence-corrected chi connectivity index (χ1v) is 6.93. The van der Waals surface area contributed by atoms with Crippen LogP contribution in [0.5, 0.6) is 5.75 Å². The van der Waals surface area contributed by atoms with E-state index in [9.17, 15) is 0 Å². The van der Waals surface area contributed by atoms with Crippen LogP contribution in [0.1, 0.15) is 18.4 Å². The average Bonchev–Trinajstić information content (AvgIpc) is 2.45. The maximum absolute atomic E-state index is 5.23. The van der Waals surface area contributed by atoms with E-state index in [1.54, 1.807) is 7.11 Å². The van der Waals surface area contributed by atoms with Crippen LogP contribution in [0, 0.1) is 5.92 Å². The van der Waals surface area contributed by atoms with Gasteiger partial charge in [-0.05, 0) is 69.1 Å². The highest BCUT2D eigenvalue weighted by Gasteiger charge is 2.11. The van der Waals surface area contributed by atoms with Crippen LogP contribution in [0.25, 0.3) is 0 Å². The molecule has 0 unspecified atom stereocenters. The van der Waals surface area contributed by atoms with Crippen molar-refractivity contribution in [3.05, 3.63) is 29.8 Å². The summed E-state index contributed by atoms with van der Waals surface area (Å²) in [6.07, 6.45) is 3.69. The molecule has 2 rings (SSSR count). The number of methoxy groups -OCH3 is 1. The van der Waals surface area contributed by atoms with Crippen molar-refractivity contribution in [3.63, 3.8) is 0 Å². The third-order valence-corrected chi connectivity index (χ3v) is 3.62. The molecule has 1 heterocycles. The highest BCUT2D eigenvalue weighted by molar-refractivity contribution is 5.28. The van der Waals surface area contributed by atoms with Crippen LogP contribution >= 0.6 is 0 Å². The second-order valence-electron chi connectivity index (χ2n) is 5.00. The van der Waals surface area contributed by atoms with Gasteiger partial charge in [0.2, 0.25) is 0 Å². The summed E-state index contributed by atoms with van der Waals surface area (Å²) >= 11 is 0. The second-order valence-corrected chi connectivity index (χ2v) is 5.00. The second kappa shape index (κ2) is 7.39. The van der Waals surface area contributed by atoms with Gasteiger partial charge in [-0.3, -0.25) is 0 Å². The molecular formula is C15H24N2O. The van der Waals surface area contributed by atoms with E-state index in [0.717, 1.165) is 31.2 Å². The van der Waals surface area contributed by atoms with Gasteiger partial charge in [-0.25, -0.2) is 0 Å². The minimum absolute atomic E-state index is 0.858. The molecule has 1 aromatic carbocycles. The van der Waals surface area contributed by atoms with Gasteiger partial charge in [0.25, 0.3) is 0 Å². The van der Waals surface area contributed by atoms with E-state index in [2.05, 4.69) is 28.8 Å². The number of hydrogen-bond acceptors (Lipinski definition) is 3. The Morgan fingerprint density at radius 1 is 1.33 bits per heavy atom. The van der Waals surface area contributed by atoms with Gasteiger partial charge in [0.1, 0.15) is 5.75 Å². The molecule has 0 spiro atoms. The van der Waals surface area contributed by atoms with Crippen LogP contribution in [0.15, 0.2) is 24.3 Å². The third kappa shape index (κ3) is 4.31. The molecule has 1 saturated heterocycles. The van der Waals surface area contributed by atoms with Crippen molar-refractivity contribution in [1.29, 1.82) is 0 Å². The van der Waals surface area contributed by atoms with E-state index in [-0.39, 0.29) is 0 Å². The topological polar surface area (TPSA) is 33.3 Å². The maximum Gasteiger partial charge on any atom is 0.119 e. The Labute approximate surface area is 110 Å². The van der Waals surface area contributed by atoms with Crippen LogP contribution < -0.4 is 15.4 Å². The normalized spacial score (nSPS) is 16.7. The molecule has 0 amide bonds. The molecule has 1 aliphatic rings. The molecule has 1 aromatic rings. The molecule has 3 nitrogen and oxygen atoms in total. The quantitative estimate of drug-likeness (QED) is 0.754. The van der Waals surface area contributed by atoms with E-state index >= 15 is 0 Å². The Morgan fingerprint density at radius 3 is 2.94 bits per heavy atom. The Bertz CT molecular complexity index is 348. The molecule has 0 radical (unpaired) electrons. The van der Waals surface area contributed by atoms with Crippen molar-refractivity contribution in [1.82, 2.24) is 10.6 Å². The highest BCUT2D eigenvalue weighted by atomic mass is 16.5. The van der Waals surface area contributed by atoms with Gasteiger partial charge in [-0.2, -0.15) is 0 Å². The predicted octanol–water partition coefficient (Wildman–Crippen LogP) is 1.83. The van der Waals surface area contributed by atoms with Gasteiger partial charge in [0.05, 0.1) is 7.11 Å². The molecule has 18 heavy (non-hydrogen) atoms. The Kier molecular flexibility index (Phi) is 5.49. The number of nitrogens with one attached hydrogen (secondary N) is 2. The molecule has 100 valence electrons. The maximum atomic E-state index is 5.23. The molecule has 0 saturated carbocycles. The Balaban J connectivity index is 1.65. The van der Waals surface area contributed by atoms with Crippen LogP contribution in [-0.2, 0) is 6.42 Å². The minimum atomic E-state index is 0.858. The summed E-state index contributed by atoms with van der Waals surface area (Å²) in [7, 11) is 1.72. The van der Waals surface area contributed by atoms with Gasteiger partial charge in [0.15, 0.2) is 0 Å². The molecule has 1 aliphatic heterocycles. The van der Waals surface area contributed by atoms with Gasteiger partial charge in [-0.15, -0.1) is 0 Å². The Morgan fingerprint density at radius 2 is 2.17 bits per heavy atom. The SMILES string of the molecule is COc1cccc(CCNCC2CCNCC2)c1. The van der Waals surface area contributed by atoms with E-state index in [1.165, 1.54) is 31.5 Å². The average molecular weight is 248 g/mol. The van der Waals surface area contributed by atoms with Crippen molar-refractivity contribution in [2.24, 2.45) is 5.92 Å². The van der Waals surface area contributed by atoms with Crippen molar-refractivity contribution in [3.8, 4) is 5.75 Å². The number of benzene rings is 1. The molecule has 2 N–H and O–H groups in total. The first kappa shape index (κ1) is 13.4. The number of piperidine rings is 1. The summed E-state index contributed by atoms with van der Waals surface area (Å²) < 4.78 is 5.23. The molecule has 0 atom stereocenters. The van der Waals surface area contributed by atoms with E-state index < -0.39 is 0 Å². The van der Waals surface area contributed by atoms with Crippen molar-refractivity contribution in [2.75, 3.05) is 33.3 Å². The van der Waals surface area contributed by atoms with E-state index in [4.69, 9.17) is 4.74 Å². The zero-order valence-corrected chi connectivity index (χ0v) is 11.2. The smallest absolute Gasteiger partial charge is 0.119 e. The van der Waals surface area contributed by atoms with Crippen LogP contribution in [-0.4, -0.2) is 33.3 Å². The van der Waals surface area contributed by atoms with Crippen molar-refractivity contribution >= 4 is 0 Å². The largest absolute Gasteiger partial charge is 0.497 e. The summed E-state index contributed by atoms with van der Waals surface area (Å²) in [5.41, 5.74) is 1.34. The minimum Gasteiger partial charge on any atom is -0.497 e. The van der Waals surface area contributed by atoms with Gasteiger partial charge >= 0.3 is 0 Å². The third-order valence-electron chi connectivity index (χ3n) is 3.62. The monoisotopic (exact) mass is 248 g/mol. The number of hydrogen-bond donors (Lipinski definition) is 2. The lowest BCUT2D eigenvalue weighted by molar-refractivity contribution is 0.358. The molecular weight excluding hydrogens is 224 g/mol. The van der Waals surface area contributed by atoms with Crippen LogP contribution in [0.4, 0.5) is 0 Å². The van der Waals surface area contributed by atoms with E-state index in [0.29, 0.717) is 0 Å². The lowest BCUT2D eigenvalue weighted by Crippen LogP contribution is -2.34. The Hall–Kier alpha value is -1.06. The zero-order valence-electron chi connectivity index (χ0n) is 11.2. The molecule has 1 fully saturated rings. The van der Waals surface area contributed by atoms with Crippen LogP contribution in [0.2, 0.25) is 0 Å². The van der Waals surface area contributed by atoms with Crippen molar-refractivity contribution < 1.29 is 4.74 Å². The predicted molar refractivity (Wildman–Crippen MR) is 75.2 cm³/mol. The lowest BCUT2D eigenvalue weighted by Gasteiger charge is -2.22. The molecule has 3 heteroatoms. The number of ether oxygens (including phenoxy) is 1. The van der Waals surface area contributed by atoms with Gasteiger partial charge in [0, 0.05) is 0 Å². The fourth-order valence-electron chi connectivity index (χ4n) is 2.45. The summed E-state index contributed by atoms with van der Waals surface area (Å²) in [5, 5.41) is 6.97. The highest BCUT2D eigenvalue weighted by Crippen LogP contribution is 2.13. The lowest BCUT2D eigenvalue weighted by atomic mass is 9.98. The number of rotatable bonds is 6. The molecule has 0 aliphatic carbocycles. The van der Waals surface area contributed by atoms with Gasteiger partial charge in [-0.1, -0.05) is 12.1 Å². The fraction of sp³-hybridized carbons (Fsp3) is 0.600.